The quantitative estimate of drug-likeness (QED) is 0.911. The molecular formula is C16H23NO3. The lowest BCUT2D eigenvalue weighted by Crippen LogP contribution is -2.57. The Kier molecular flexibility index (Phi) is 4.36. The van der Waals surface area contributed by atoms with Gasteiger partial charge in [-0.15, -0.1) is 0 Å². The van der Waals surface area contributed by atoms with Crippen LogP contribution in [0.25, 0.3) is 0 Å². The summed E-state index contributed by atoms with van der Waals surface area (Å²) in [6.07, 6.45) is 3.39. The third-order valence-electron chi connectivity index (χ3n) is 4.35. The molecule has 1 atom stereocenters. The van der Waals surface area contributed by atoms with Gasteiger partial charge in [-0.05, 0) is 24.9 Å². The summed E-state index contributed by atoms with van der Waals surface area (Å²) in [5.74, 6) is -0.810. The molecule has 1 unspecified atom stereocenters. The summed E-state index contributed by atoms with van der Waals surface area (Å²) in [4.78, 5) is 2.40. The van der Waals surface area contributed by atoms with Crippen molar-refractivity contribution in [2.75, 3.05) is 26.4 Å². The number of ether oxygens (including phenoxy) is 2. The van der Waals surface area contributed by atoms with E-state index in [0.29, 0.717) is 13.2 Å². The zero-order valence-electron chi connectivity index (χ0n) is 11.8. The van der Waals surface area contributed by atoms with Crippen LogP contribution in [0.1, 0.15) is 24.8 Å². The first-order valence-electron chi connectivity index (χ1n) is 7.51. The van der Waals surface area contributed by atoms with Crippen molar-refractivity contribution < 1.29 is 14.6 Å². The number of nitrogens with zero attached hydrogens (tertiary/aromatic N) is 1. The molecule has 4 nitrogen and oxygen atoms in total. The lowest BCUT2D eigenvalue weighted by Gasteiger charge is -2.44. The van der Waals surface area contributed by atoms with Crippen LogP contribution < -0.4 is 0 Å². The summed E-state index contributed by atoms with van der Waals surface area (Å²) in [7, 11) is 0. The average molecular weight is 277 g/mol. The lowest BCUT2D eigenvalue weighted by atomic mass is 9.94. The second kappa shape index (κ2) is 6.22. The van der Waals surface area contributed by atoms with Crippen LogP contribution in [0.15, 0.2) is 30.3 Å². The number of benzene rings is 1. The second-order valence-electron chi connectivity index (χ2n) is 5.63. The van der Waals surface area contributed by atoms with Gasteiger partial charge in [0.05, 0.1) is 25.9 Å². The van der Waals surface area contributed by atoms with Crippen molar-refractivity contribution in [2.45, 2.75) is 37.6 Å². The fourth-order valence-electron chi connectivity index (χ4n) is 3.36. The zero-order chi connectivity index (χ0) is 13.8. The van der Waals surface area contributed by atoms with Crippen LogP contribution >= 0.6 is 0 Å². The van der Waals surface area contributed by atoms with Crippen molar-refractivity contribution in [1.82, 2.24) is 4.90 Å². The molecule has 1 aromatic rings. The Morgan fingerprint density at radius 3 is 2.60 bits per heavy atom. The van der Waals surface area contributed by atoms with Crippen molar-refractivity contribution in [2.24, 2.45) is 0 Å². The highest BCUT2D eigenvalue weighted by molar-refractivity contribution is 5.15. The minimum atomic E-state index is -0.810. The number of aliphatic hydroxyl groups is 1. The first kappa shape index (κ1) is 14.0. The van der Waals surface area contributed by atoms with E-state index in [1.807, 2.05) is 6.07 Å². The van der Waals surface area contributed by atoms with Gasteiger partial charge in [0.2, 0.25) is 5.79 Å². The molecule has 110 valence electrons. The molecule has 0 spiro atoms. The Hall–Kier alpha value is -0.940. The lowest BCUT2D eigenvalue weighted by molar-refractivity contribution is -0.229. The van der Waals surface area contributed by atoms with Gasteiger partial charge in [-0.3, -0.25) is 4.90 Å². The summed E-state index contributed by atoms with van der Waals surface area (Å²) in [5.41, 5.74) is 1.30. The van der Waals surface area contributed by atoms with Gasteiger partial charge in [-0.2, -0.15) is 0 Å². The third-order valence-corrected chi connectivity index (χ3v) is 4.35. The first-order chi connectivity index (χ1) is 9.84. The molecule has 0 aromatic heterocycles. The number of rotatable bonds is 4. The van der Waals surface area contributed by atoms with E-state index in [-0.39, 0.29) is 12.6 Å². The predicted molar refractivity (Wildman–Crippen MR) is 76.2 cm³/mol. The summed E-state index contributed by atoms with van der Waals surface area (Å²) in [5, 5.41) is 9.78. The van der Waals surface area contributed by atoms with E-state index in [4.69, 9.17) is 9.47 Å². The van der Waals surface area contributed by atoms with Gasteiger partial charge in [0, 0.05) is 6.54 Å². The van der Waals surface area contributed by atoms with Gasteiger partial charge >= 0.3 is 0 Å². The molecule has 2 saturated heterocycles. The molecule has 2 heterocycles. The second-order valence-corrected chi connectivity index (χ2v) is 5.63. The molecule has 0 aliphatic carbocycles. The topological polar surface area (TPSA) is 41.9 Å². The smallest absolute Gasteiger partial charge is 0.207 e. The molecule has 0 amide bonds. The van der Waals surface area contributed by atoms with E-state index in [9.17, 15) is 5.11 Å². The molecule has 2 fully saturated rings. The maximum absolute atomic E-state index is 9.78. The summed E-state index contributed by atoms with van der Waals surface area (Å²) in [6.45, 7) is 3.02. The van der Waals surface area contributed by atoms with Crippen LogP contribution in [0.5, 0.6) is 0 Å². The van der Waals surface area contributed by atoms with Gasteiger partial charge in [0.25, 0.3) is 0 Å². The van der Waals surface area contributed by atoms with Crippen LogP contribution in [-0.2, 0) is 16.0 Å². The SMILES string of the molecule is OCC1(C2CCCCN2Cc2ccccc2)OCCO1. The van der Waals surface area contributed by atoms with E-state index >= 15 is 0 Å². The largest absolute Gasteiger partial charge is 0.391 e. The van der Waals surface area contributed by atoms with E-state index in [2.05, 4.69) is 29.2 Å². The van der Waals surface area contributed by atoms with E-state index in [1.54, 1.807) is 0 Å². The highest BCUT2D eigenvalue weighted by Crippen LogP contribution is 2.33. The fourth-order valence-corrected chi connectivity index (χ4v) is 3.36. The van der Waals surface area contributed by atoms with E-state index < -0.39 is 5.79 Å². The molecule has 1 N–H and O–H groups in total. The van der Waals surface area contributed by atoms with Crippen LogP contribution in [-0.4, -0.2) is 48.2 Å². The highest BCUT2D eigenvalue weighted by atomic mass is 16.7. The third kappa shape index (κ3) is 2.74. The van der Waals surface area contributed by atoms with Crippen LogP contribution in [0, 0.1) is 0 Å². The molecular weight excluding hydrogens is 254 g/mol. The predicted octanol–water partition coefficient (Wildman–Crippen LogP) is 1.78. The Labute approximate surface area is 120 Å². The molecule has 20 heavy (non-hydrogen) atoms. The van der Waals surface area contributed by atoms with Crippen molar-refractivity contribution >= 4 is 0 Å². The van der Waals surface area contributed by atoms with Crippen molar-refractivity contribution in [1.29, 1.82) is 0 Å². The molecule has 3 rings (SSSR count). The number of piperidine rings is 1. The molecule has 0 bridgehead atoms. The van der Waals surface area contributed by atoms with Crippen molar-refractivity contribution in [3.05, 3.63) is 35.9 Å². The monoisotopic (exact) mass is 277 g/mol. The number of aliphatic hydroxyl groups excluding tert-OH is 1. The summed E-state index contributed by atoms with van der Waals surface area (Å²) in [6, 6.07) is 10.6. The van der Waals surface area contributed by atoms with Gasteiger partial charge in [-0.25, -0.2) is 0 Å². The zero-order valence-corrected chi connectivity index (χ0v) is 11.8. The number of hydrogen-bond donors (Lipinski definition) is 1. The highest BCUT2D eigenvalue weighted by Gasteiger charge is 2.47. The van der Waals surface area contributed by atoms with E-state index in [1.165, 1.54) is 18.4 Å². The Morgan fingerprint density at radius 1 is 1.15 bits per heavy atom. The molecule has 1 aromatic carbocycles. The van der Waals surface area contributed by atoms with Crippen molar-refractivity contribution in [3.63, 3.8) is 0 Å². The van der Waals surface area contributed by atoms with Gasteiger partial charge in [0.15, 0.2) is 0 Å². The Bertz CT molecular complexity index is 417. The van der Waals surface area contributed by atoms with Crippen LogP contribution in [0.2, 0.25) is 0 Å². The number of hydrogen-bond acceptors (Lipinski definition) is 4. The van der Waals surface area contributed by atoms with E-state index in [0.717, 1.165) is 19.5 Å². The molecule has 0 saturated carbocycles. The normalized spacial score (nSPS) is 26.8. The van der Waals surface area contributed by atoms with Crippen LogP contribution in [0.4, 0.5) is 0 Å². The molecule has 4 heteroatoms. The Morgan fingerprint density at radius 2 is 1.90 bits per heavy atom. The molecule has 2 aliphatic rings. The minimum absolute atomic E-state index is 0.0665. The van der Waals surface area contributed by atoms with Crippen molar-refractivity contribution in [3.8, 4) is 0 Å². The molecule has 0 radical (unpaired) electrons. The van der Waals surface area contributed by atoms with Crippen LogP contribution in [0.3, 0.4) is 0 Å². The average Bonchev–Trinajstić information content (AvgIpc) is 2.99. The minimum Gasteiger partial charge on any atom is -0.391 e. The fraction of sp³-hybridized carbons (Fsp3) is 0.625. The standard InChI is InChI=1S/C16H23NO3/c18-13-16(19-10-11-20-16)15-8-4-5-9-17(15)12-14-6-2-1-3-7-14/h1-3,6-7,15,18H,4-5,8-13H2. The first-order valence-corrected chi connectivity index (χ1v) is 7.51. The summed E-state index contributed by atoms with van der Waals surface area (Å²) >= 11 is 0. The van der Waals surface area contributed by atoms with Gasteiger partial charge < -0.3 is 14.6 Å². The van der Waals surface area contributed by atoms with Gasteiger partial charge in [0.1, 0.15) is 0 Å². The number of likely N-dealkylation sites (tertiary alicyclic amines) is 1. The Balaban J connectivity index is 1.77. The maximum Gasteiger partial charge on any atom is 0.207 e. The maximum atomic E-state index is 9.78. The molecule has 2 aliphatic heterocycles. The van der Waals surface area contributed by atoms with Gasteiger partial charge in [-0.1, -0.05) is 36.8 Å². The summed E-state index contributed by atoms with van der Waals surface area (Å²) < 4.78 is 11.6.